The lowest BCUT2D eigenvalue weighted by Gasteiger charge is -2.26. The van der Waals surface area contributed by atoms with Gasteiger partial charge >= 0.3 is 6.03 Å². The van der Waals surface area contributed by atoms with Crippen LogP contribution in [0, 0.1) is 19.7 Å². The molecule has 4 N–H and O–H groups in total. The van der Waals surface area contributed by atoms with Gasteiger partial charge in [0.2, 0.25) is 0 Å². The van der Waals surface area contributed by atoms with E-state index in [2.05, 4.69) is 25.7 Å². The van der Waals surface area contributed by atoms with Crippen LogP contribution in [0.1, 0.15) is 35.3 Å². The SMILES string of the molecule is CCc1cc(O)c(F)cc1-c1ccc2c(-c3nc4c([nH]3)CN(C(=O)Nc3c(C)noc3C)CC4)n[nH]c2c1. The second kappa shape index (κ2) is 9.02. The van der Waals surface area contributed by atoms with Crippen LogP contribution >= 0.6 is 0 Å². The van der Waals surface area contributed by atoms with Gasteiger partial charge in [-0.25, -0.2) is 14.2 Å². The lowest BCUT2D eigenvalue weighted by molar-refractivity contribution is 0.205. The molecule has 0 aliphatic carbocycles. The third kappa shape index (κ3) is 3.96. The van der Waals surface area contributed by atoms with Gasteiger partial charge in [0.15, 0.2) is 23.2 Å². The fraction of sp³-hybridized carbons (Fsp3) is 0.259. The van der Waals surface area contributed by atoms with Gasteiger partial charge < -0.3 is 24.8 Å². The maximum atomic E-state index is 14.1. The van der Waals surface area contributed by atoms with E-state index >= 15 is 0 Å². The molecular formula is C27H26FN7O3. The first-order chi connectivity index (χ1) is 18.3. The number of imidazole rings is 1. The molecule has 10 nitrogen and oxygen atoms in total. The van der Waals surface area contributed by atoms with Crippen molar-refractivity contribution in [3.63, 3.8) is 0 Å². The maximum Gasteiger partial charge on any atom is 0.322 e. The Kier molecular flexibility index (Phi) is 5.63. The zero-order valence-electron chi connectivity index (χ0n) is 21.1. The van der Waals surface area contributed by atoms with E-state index in [1.807, 2.05) is 25.1 Å². The number of phenolic OH excluding ortho intramolecular Hbond substituents is 1. The number of aryl methyl sites for hydroxylation is 3. The first kappa shape index (κ1) is 23.7. The molecule has 0 spiro atoms. The number of carbonyl (C=O) groups is 1. The Labute approximate surface area is 216 Å². The number of urea groups is 1. The summed E-state index contributed by atoms with van der Waals surface area (Å²) in [5, 5.41) is 25.0. The highest BCUT2D eigenvalue weighted by molar-refractivity contribution is 5.94. The molecule has 38 heavy (non-hydrogen) atoms. The van der Waals surface area contributed by atoms with Gasteiger partial charge in [-0.3, -0.25) is 5.10 Å². The highest BCUT2D eigenvalue weighted by Gasteiger charge is 2.26. The minimum atomic E-state index is -0.654. The van der Waals surface area contributed by atoms with E-state index in [-0.39, 0.29) is 11.8 Å². The third-order valence-corrected chi connectivity index (χ3v) is 7.04. The number of fused-ring (bicyclic) bond motifs is 2. The number of anilines is 1. The Hall–Kier alpha value is -4.67. The molecule has 1 aliphatic rings. The number of carbonyl (C=O) groups excluding carboxylic acids is 1. The monoisotopic (exact) mass is 515 g/mol. The van der Waals surface area contributed by atoms with Gasteiger partial charge in [-0.1, -0.05) is 18.1 Å². The van der Waals surface area contributed by atoms with Crippen molar-refractivity contribution in [3.8, 4) is 28.4 Å². The molecule has 0 unspecified atom stereocenters. The second-order valence-electron chi connectivity index (χ2n) is 9.46. The van der Waals surface area contributed by atoms with Crippen LogP contribution in [0.5, 0.6) is 5.75 Å². The van der Waals surface area contributed by atoms with Crippen molar-refractivity contribution in [2.75, 3.05) is 11.9 Å². The largest absolute Gasteiger partial charge is 0.505 e. The van der Waals surface area contributed by atoms with Crippen molar-refractivity contribution >= 4 is 22.6 Å². The maximum absolute atomic E-state index is 14.1. The number of aromatic hydroxyl groups is 1. The number of H-pyrrole nitrogens is 2. The fourth-order valence-corrected chi connectivity index (χ4v) is 4.96. The summed E-state index contributed by atoms with van der Waals surface area (Å²) in [6.07, 6.45) is 1.26. The first-order valence-corrected chi connectivity index (χ1v) is 12.4. The molecule has 11 heteroatoms. The Morgan fingerprint density at radius 2 is 2.11 bits per heavy atom. The summed E-state index contributed by atoms with van der Waals surface area (Å²) in [6.45, 7) is 6.41. The molecule has 1 aliphatic heterocycles. The lowest BCUT2D eigenvalue weighted by Crippen LogP contribution is -2.39. The van der Waals surface area contributed by atoms with E-state index in [1.165, 1.54) is 12.1 Å². The lowest BCUT2D eigenvalue weighted by atomic mass is 9.96. The summed E-state index contributed by atoms with van der Waals surface area (Å²) in [5.74, 6) is 0.176. The predicted molar refractivity (Wildman–Crippen MR) is 139 cm³/mol. The number of hydrogen-bond acceptors (Lipinski definition) is 6. The number of nitrogens with zero attached hydrogens (tertiary/aromatic N) is 4. The molecule has 3 aromatic heterocycles. The fourth-order valence-electron chi connectivity index (χ4n) is 4.96. The van der Waals surface area contributed by atoms with Gasteiger partial charge in [0.05, 0.1) is 23.4 Å². The van der Waals surface area contributed by atoms with E-state index in [0.717, 1.165) is 39.0 Å². The van der Waals surface area contributed by atoms with Crippen LogP contribution < -0.4 is 5.32 Å². The van der Waals surface area contributed by atoms with E-state index < -0.39 is 5.82 Å². The highest BCUT2D eigenvalue weighted by atomic mass is 19.1. The number of amides is 2. The molecule has 194 valence electrons. The van der Waals surface area contributed by atoms with Gasteiger partial charge in [0.25, 0.3) is 0 Å². The summed E-state index contributed by atoms with van der Waals surface area (Å²) in [4.78, 5) is 22.7. The van der Waals surface area contributed by atoms with Crippen LogP contribution in [0.3, 0.4) is 0 Å². The molecule has 4 heterocycles. The van der Waals surface area contributed by atoms with Crippen molar-refractivity contribution in [2.24, 2.45) is 0 Å². The van der Waals surface area contributed by atoms with Gasteiger partial charge in [-0.15, -0.1) is 0 Å². The average molecular weight is 516 g/mol. The van der Waals surface area contributed by atoms with Gasteiger partial charge in [-0.05, 0) is 61.2 Å². The molecule has 0 saturated carbocycles. The van der Waals surface area contributed by atoms with E-state index in [9.17, 15) is 14.3 Å². The molecule has 5 aromatic rings. The summed E-state index contributed by atoms with van der Waals surface area (Å²) in [6, 6.07) is 8.37. The molecule has 0 bridgehead atoms. The normalized spacial score (nSPS) is 13.2. The number of hydrogen-bond donors (Lipinski definition) is 4. The number of nitrogens with one attached hydrogen (secondary N) is 3. The quantitative estimate of drug-likeness (QED) is 0.259. The molecule has 2 amide bonds. The zero-order valence-corrected chi connectivity index (χ0v) is 21.1. The molecular weight excluding hydrogens is 489 g/mol. The van der Waals surface area contributed by atoms with Crippen LogP contribution in [0.15, 0.2) is 34.9 Å². The standard InChI is InChI=1S/C27H26FN7O3/c1-4-15-10-23(36)19(28)11-18(15)16-5-6-17-21(9-16)32-33-25(17)26-29-20-7-8-35(12-22(20)30-26)27(37)31-24-13(2)34-38-14(24)3/h5-6,9-11,36H,4,7-8,12H2,1-3H3,(H,29,30)(H,31,37)(H,32,33). The minimum Gasteiger partial charge on any atom is -0.505 e. The molecule has 2 aromatic carbocycles. The van der Waals surface area contributed by atoms with Crippen molar-refractivity contribution in [1.29, 1.82) is 0 Å². The van der Waals surface area contributed by atoms with E-state index in [4.69, 9.17) is 9.51 Å². The summed E-state index contributed by atoms with van der Waals surface area (Å²) < 4.78 is 19.3. The second-order valence-corrected chi connectivity index (χ2v) is 9.46. The van der Waals surface area contributed by atoms with E-state index in [1.54, 1.807) is 18.7 Å². The van der Waals surface area contributed by atoms with Crippen LogP contribution in [-0.4, -0.2) is 47.9 Å². The highest BCUT2D eigenvalue weighted by Crippen LogP contribution is 2.34. The number of rotatable bonds is 4. The van der Waals surface area contributed by atoms with Gasteiger partial charge in [-0.2, -0.15) is 5.10 Å². The average Bonchev–Trinajstić information content (AvgIpc) is 3.62. The molecule has 6 rings (SSSR count). The molecule has 0 saturated heterocycles. The van der Waals surface area contributed by atoms with E-state index in [0.29, 0.717) is 54.6 Å². The number of aromatic amines is 2. The topological polar surface area (TPSA) is 136 Å². The Bertz CT molecular complexity index is 1680. The van der Waals surface area contributed by atoms with Crippen molar-refractivity contribution < 1.29 is 18.8 Å². The molecule has 0 radical (unpaired) electrons. The Morgan fingerprint density at radius 3 is 2.87 bits per heavy atom. The van der Waals surface area contributed by atoms with Crippen molar-refractivity contribution in [2.45, 2.75) is 40.2 Å². The van der Waals surface area contributed by atoms with Crippen LogP contribution in [-0.2, 0) is 19.4 Å². The number of halogens is 1. The summed E-state index contributed by atoms with van der Waals surface area (Å²) in [5.41, 5.74) is 6.84. The summed E-state index contributed by atoms with van der Waals surface area (Å²) in [7, 11) is 0. The van der Waals surface area contributed by atoms with Crippen molar-refractivity contribution in [3.05, 3.63) is 64.6 Å². The molecule has 0 fully saturated rings. The predicted octanol–water partition coefficient (Wildman–Crippen LogP) is 5.22. The smallest absolute Gasteiger partial charge is 0.322 e. The number of aromatic nitrogens is 5. The van der Waals surface area contributed by atoms with Crippen LogP contribution in [0.25, 0.3) is 33.5 Å². The van der Waals surface area contributed by atoms with Crippen LogP contribution in [0.4, 0.5) is 14.9 Å². The number of phenols is 1. The Balaban J connectivity index is 1.26. The summed E-state index contributed by atoms with van der Waals surface area (Å²) >= 11 is 0. The van der Waals surface area contributed by atoms with Crippen molar-refractivity contribution in [1.82, 2.24) is 30.2 Å². The third-order valence-electron chi connectivity index (χ3n) is 7.04. The zero-order chi connectivity index (χ0) is 26.6. The Morgan fingerprint density at radius 1 is 1.26 bits per heavy atom. The number of benzene rings is 2. The minimum absolute atomic E-state index is 0.226. The molecule has 0 atom stereocenters. The first-order valence-electron chi connectivity index (χ1n) is 12.4. The van der Waals surface area contributed by atoms with Gasteiger partial charge in [0, 0.05) is 18.4 Å². The van der Waals surface area contributed by atoms with Gasteiger partial charge in [0.1, 0.15) is 17.1 Å². The van der Waals surface area contributed by atoms with Crippen LogP contribution in [0.2, 0.25) is 0 Å².